The van der Waals surface area contributed by atoms with Gasteiger partial charge in [0.1, 0.15) is 12.4 Å². The van der Waals surface area contributed by atoms with Gasteiger partial charge in [-0.15, -0.1) is 11.3 Å². The predicted molar refractivity (Wildman–Crippen MR) is 97.7 cm³/mol. The Morgan fingerprint density at radius 3 is 2.71 bits per heavy atom. The predicted octanol–water partition coefficient (Wildman–Crippen LogP) is 5.27. The minimum absolute atomic E-state index is 0.0774. The minimum atomic E-state index is -0.0774. The van der Waals surface area contributed by atoms with Gasteiger partial charge < -0.3 is 4.74 Å². The third kappa shape index (κ3) is 4.31. The van der Waals surface area contributed by atoms with E-state index < -0.39 is 0 Å². The molecule has 0 atom stereocenters. The van der Waals surface area contributed by atoms with Crippen LogP contribution < -0.4 is 4.74 Å². The Morgan fingerprint density at radius 2 is 1.96 bits per heavy atom. The molecule has 5 heteroatoms. The van der Waals surface area contributed by atoms with Crippen molar-refractivity contribution in [3.05, 3.63) is 87.3 Å². The minimum Gasteiger partial charge on any atom is -0.487 e. The van der Waals surface area contributed by atoms with E-state index in [9.17, 15) is 4.79 Å². The Hall–Kier alpha value is -2.43. The van der Waals surface area contributed by atoms with E-state index in [1.54, 1.807) is 24.4 Å². The summed E-state index contributed by atoms with van der Waals surface area (Å²) in [7, 11) is 0. The molecule has 0 radical (unpaired) electrons. The number of aromatic nitrogens is 1. The second kappa shape index (κ2) is 7.90. The van der Waals surface area contributed by atoms with Gasteiger partial charge in [0.05, 0.1) is 14.9 Å². The van der Waals surface area contributed by atoms with Crippen molar-refractivity contribution in [2.24, 2.45) is 0 Å². The maximum atomic E-state index is 12.1. The van der Waals surface area contributed by atoms with E-state index in [1.165, 1.54) is 17.4 Å². The molecule has 2 heterocycles. The molecule has 0 spiro atoms. The van der Waals surface area contributed by atoms with Gasteiger partial charge in [0, 0.05) is 11.8 Å². The first-order chi connectivity index (χ1) is 11.7. The van der Waals surface area contributed by atoms with Crippen molar-refractivity contribution in [1.82, 2.24) is 4.98 Å². The van der Waals surface area contributed by atoms with E-state index >= 15 is 0 Å². The van der Waals surface area contributed by atoms with Gasteiger partial charge in [-0.3, -0.25) is 9.78 Å². The summed E-state index contributed by atoms with van der Waals surface area (Å²) in [6.45, 7) is 0.375. The molecule has 3 aromatic rings. The lowest BCUT2D eigenvalue weighted by Crippen LogP contribution is -1.99. The largest absolute Gasteiger partial charge is 0.487 e. The first-order valence-electron chi connectivity index (χ1n) is 7.32. The molecule has 3 rings (SSSR count). The highest BCUT2D eigenvalue weighted by atomic mass is 35.5. The highest BCUT2D eigenvalue weighted by Crippen LogP contribution is 2.24. The van der Waals surface area contributed by atoms with Crippen LogP contribution in [0.4, 0.5) is 0 Å². The van der Waals surface area contributed by atoms with Gasteiger partial charge in [-0.25, -0.2) is 0 Å². The van der Waals surface area contributed by atoms with E-state index in [-0.39, 0.29) is 5.78 Å². The van der Waals surface area contributed by atoms with Gasteiger partial charge in [-0.05, 0) is 42.5 Å². The molecule has 2 aromatic heterocycles. The summed E-state index contributed by atoms with van der Waals surface area (Å²) in [5.41, 5.74) is 1.69. The number of pyridine rings is 1. The van der Waals surface area contributed by atoms with Crippen LogP contribution in [0.1, 0.15) is 20.9 Å². The molecule has 0 fully saturated rings. The number of hydrogen-bond acceptors (Lipinski definition) is 4. The Labute approximate surface area is 149 Å². The van der Waals surface area contributed by atoms with E-state index in [4.69, 9.17) is 16.3 Å². The van der Waals surface area contributed by atoms with E-state index in [2.05, 4.69) is 4.98 Å². The summed E-state index contributed by atoms with van der Waals surface area (Å²) in [5, 5.41) is 0. The lowest BCUT2D eigenvalue weighted by molar-refractivity contribution is 0.105. The highest BCUT2D eigenvalue weighted by Gasteiger charge is 2.06. The van der Waals surface area contributed by atoms with Crippen LogP contribution in [0.5, 0.6) is 5.75 Å². The Kier molecular flexibility index (Phi) is 5.41. The molecule has 0 N–H and O–H groups in total. The number of hydrogen-bond donors (Lipinski definition) is 0. The molecule has 24 heavy (non-hydrogen) atoms. The second-order valence-corrected chi connectivity index (χ2v) is 6.66. The number of halogens is 1. The van der Waals surface area contributed by atoms with Gasteiger partial charge >= 0.3 is 0 Å². The number of thiophene rings is 1. The number of benzene rings is 1. The smallest absolute Gasteiger partial charge is 0.195 e. The maximum absolute atomic E-state index is 12.1. The molecule has 120 valence electrons. The van der Waals surface area contributed by atoms with Crippen molar-refractivity contribution < 1.29 is 9.53 Å². The van der Waals surface area contributed by atoms with Crippen LogP contribution in [0.2, 0.25) is 4.34 Å². The van der Waals surface area contributed by atoms with Crippen molar-refractivity contribution in [2.45, 2.75) is 6.61 Å². The summed E-state index contributed by atoms with van der Waals surface area (Å²) < 4.78 is 6.42. The summed E-state index contributed by atoms with van der Waals surface area (Å²) in [4.78, 5) is 17.0. The molecule has 3 nitrogen and oxygen atoms in total. The van der Waals surface area contributed by atoms with Gasteiger partial charge in [0.25, 0.3) is 0 Å². The van der Waals surface area contributed by atoms with E-state index in [0.29, 0.717) is 21.6 Å². The molecule has 0 unspecified atom stereocenters. The number of rotatable bonds is 6. The molecule has 0 amide bonds. The zero-order valence-electron chi connectivity index (χ0n) is 12.7. The number of carbonyl (C=O) groups excluding carboxylic acids is 1. The number of ether oxygens (including phenoxy) is 1. The Bertz CT molecular complexity index is 859. The van der Waals surface area contributed by atoms with Gasteiger partial charge in [-0.2, -0.15) is 0 Å². The molecular weight excluding hydrogens is 342 g/mol. The van der Waals surface area contributed by atoms with Gasteiger partial charge in [0.15, 0.2) is 5.78 Å². The second-order valence-electron chi connectivity index (χ2n) is 4.95. The first kappa shape index (κ1) is 16.4. The van der Waals surface area contributed by atoms with E-state index in [0.717, 1.165) is 11.3 Å². The molecule has 1 aromatic carbocycles. The van der Waals surface area contributed by atoms with Crippen LogP contribution in [-0.4, -0.2) is 10.8 Å². The summed E-state index contributed by atoms with van der Waals surface area (Å²) in [6.07, 6.45) is 5.02. The van der Waals surface area contributed by atoms with Crippen LogP contribution in [-0.2, 0) is 6.61 Å². The summed E-state index contributed by atoms with van der Waals surface area (Å²) >= 11 is 7.13. The van der Waals surface area contributed by atoms with Crippen LogP contribution in [0.3, 0.4) is 0 Å². The molecule has 0 saturated carbocycles. The van der Waals surface area contributed by atoms with Crippen molar-refractivity contribution >= 4 is 34.8 Å². The fourth-order valence-corrected chi connectivity index (χ4v) is 3.04. The zero-order valence-corrected chi connectivity index (χ0v) is 14.3. The SMILES string of the molecule is O=C(C=Cc1ccccc1OCc1ccccn1)c1ccc(Cl)s1. The van der Waals surface area contributed by atoms with Crippen LogP contribution >= 0.6 is 22.9 Å². The lowest BCUT2D eigenvalue weighted by atomic mass is 10.1. The number of carbonyl (C=O) groups is 1. The van der Waals surface area contributed by atoms with Crippen molar-refractivity contribution in [3.8, 4) is 5.75 Å². The Morgan fingerprint density at radius 1 is 1.12 bits per heavy atom. The van der Waals surface area contributed by atoms with Gasteiger partial charge in [0.2, 0.25) is 0 Å². The topological polar surface area (TPSA) is 39.2 Å². The summed E-state index contributed by atoms with van der Waals surface area (Å²) in [5.74, 6) is 0.628. The third-order valence-corrected chi connectivity index (χ3v) is 4.50. The monoisotopic (exact) mass is 355 g/mol. The lowest BCUT2D eigenvalue weighted by Gasteiger charge is -2.08. The maximum Gasteiger partial charge on any atom is 0.195 e. The molecule has 0 aliphatic rings. The van der Waals surface area contributed by atoms with E-state index in [1.807, 2.05) is 42.5 Å². The fraction of sp³-hybridized carbons (Fsp3) is 0.0526. The van der Waals surface area contributed by atoms with Gasteiger partial charge in [-0.1, -0.05) is 35.9 Å². The van der Waals surface area contributed by atoms with Crippen LogP contribution in [0, 0.1) is 0 Å². The molecular formula is C19H14ClNO2S. The number of allylic oxidation sites excluding steroid dienone is 1. The first-order valence-corrected chi connectivity index (χ1v) is 8.51. The third-order valence-electron chi connectivity index (χ3n) is 3.25. The average Bonchev–Trinajstić information content (AvgIpc) is 3.06. The number of ketones is 1. The van der Waals surface area contributed by atoms with Crippen molar-refractivity contribution in [2.75, 3.05) is 0 Å². The quantitative estimate of drug-likeness (QED) is 0.446. The van der Waals surface area contributed by atoms with Crippen LogP contribution in [0.25, 0.3) is 6.08 Å². The summed E-state index contributed by atoms with van der Waals surface area (Å²) in [6, 6.07) is 16.7. The molecule has 0 bridgehead atoms. The normalized spacial score (nSPS) is 10.9. The molecule has 0 aliphatic carbocycles. The standard InChI is InChI=1S/C19H14ClNO2S/c20-19-11-10-18(24-19)16(22)9-8-14-5-1-2-7-17(14)23-13-15-6-3-4-12-21-15/h1-12H,13H2. The fourth-order valence-electron chi connectivity index (χ4n) is 2.08. The highest BCUT2D eigenvalue weighted by molar-refractivity contribution is 7.18. The van der Waals surface area contributed by atoms with Crippen molar-refractivity contribution in [3.63, 3.8) is 0 Å². The number of para-hydroxylation sites is 1. The average molecular weight is 356 g/mol. The zero-order chi connectivity index (χ0) is 16.8. The Balaban J connectivity index is 1.72. The number of nitrogens with zero attached hydrogens (tertiary/aromatic N) is 1. The van der Waals surface area contributed by atoms with Crippen LogP contribution in [0.15, 0.2) is 66.9 Å². The van der Waals surface area contributed by atoms with Crippen molar-refractivity contribution in [1.29, 1.82) is 0 Å². The molecule has 0 saturated heterocycles. The molecule has 0 aliphatic heterocycles.